The average Bonchev–Trinajstić information content (AvgIpc) is 2.49. The van der Waals surface area contributed by atoms with Gasteiger partial charge in [0.15, 0.2) is 0 Å². The molecular weight excluding hydrogens is 178 g/mol. The standard InChI is InChI=1S/C11H23NS/c1-11(2,3)10(9-13)8-12-6-4-5-7-12/h10,13H,4-9H2,1-3H3. The van der Waals surface area contributed by atoms with Crippen molar-refractivity contribution in [3.63, 3.8) is 0 Å². The highest BCUT2D eigenvalue weighted by molar-refractivity contribution is 7.80. The van der Waals surface area contributed by atoms with E-state index in [1.54, 1.807) is 0 Å². The van der Waals surface area contributed by atoms with Gasteiger partial charge in [-0.15, -0.1) is 0 Å². The first kappa shape index (κ1) is 11.4. The van der Waals surface area contributed by atoms with Crippen molar-refractivity contribution >= 4 is 12.6 Å². The number of rotatable bonds is 3. The van der Waals surface area contributed by atoms with Crippen molar-refractivity contribution in [3.05, 3.63) is 0 Å². The van der Waals surface area contributed by atoms with Gasteiger partial charge in [-0.25, -0.2) is 0 Å². The SMILES string of the molecule is CC(C)(C)C(CS)CN1CCCC1. The highest BCUT2D eigenvalue weighted by atomic mass is 32.1. The van der Waals surface area contributed by atoms with Crippen LogP contribution in [0.25, 0.3) is 0 Å². The lowest BCUT2D eigenvalue weighted by Gasteiger charge is -2.32. The summed E-state index contributed by atoms with van der Waals surface area (Å²) in [6.07, 6.45) is 2.78. The van der Waals surface area contributed by atoms with Crippen LogP contribution in [-0.2, 0) is 0 Å². The normalized spacial score (nSPS) is 22.2. The molecule has 0 saturated carbocycles. The molecule has 1 heterocycles. The maximum absolute atomic E-state index is 4.46. The van der Waals surface area contributed by atoms with E-state index in [0.717, 1.165) is 11.7 Å². The summed E-state index contributed by atoms with van der Waals surface area (Å²) in [6, 6.07) is 0. The second-order valence-electron chi connectivity index (χ2n) is 5.25. The number of hydrogen-bond donors (Lipinski definition) is 1. The molecule has 1 rings (SSSR count). The number of likely N-dealkylation sites (tertiary alicyclic amines) is 1. The lowest BCUT2D eigenvalue weighted by Crippen LogP contribution is -2.34. The van der Waals surface area contributed by atoms with E-state index in [9.17, 15) is 0 Å². The third kappa shape index (κ3) is 3.51. The number of nitrogens with zero attached hydrogens (tertiary/aromatic N) is 1. The fourth-order valence-electron chi connectivity index (χ4n) is 1.88. The molecule has 0 radical (unpaired) electrons. The zero-order chi connectivity index (χ0) is 9.90. The van der Waals surface area contributed by atoms with Crippen LogP contribution in [0.4, 0.5) is 0 Å². The quantitative estimate of drug-likeness (QED) is 0.687. The van der Waals surface area contributed by atoms with Gasteiger partial charge < -0.3 is 4.90 Å². The maximum Gasteiger partial charge on any atom is 0.00225 e. The Kier molecular flexibility index (Phi) is 4.11. The van der Waals surface area contributed by atoms with E-state index in [1.807, 2.05) is 0 Å². The van der Waals surface area contributed by atoms with Gasteiger partial charge in [-0.1, -0.05) is 20.8 Å². The van der Waals surface area contributed by atoms with Gasteiger partial charge in [0.25, 0.3) is 0 Å². The molecule has 1 aliphatic rings. The Hall–Kier alpha value is 0.310. The van der Waals surface area contributed by atoms with Gasteiger partial charge in [-0.2, -0.15) is 12.6 Å². The topological polar surface area (TPSA) is 3.24 Å². The van der Waals surface area contributed by atoms with Crippen molar-refractivity contribution in [1.29, 1.82) is 0 Å². The minimum absolute atomic E-state index is 0.407. The molecule has 0 aromatic carbocycles. The number of hydrogen-bond acceptors (Lipinski definition) is 2. The molecule has 2 heteroatoms. The van der Waals surface area contributed by atoms with Gasteiger partial charge in [0.05, 0.1) is 0 Å². The van der Waals surface area contributed by atoms with Crippen LogP contribution in [0.1, 0.15) is 33.6 Å². The molecule has 13 heavy (non-hydrogen) atoms. The molecule has 0 aromatic rings. The molecular formula is C11H23NS. The minimum atomic E-state index is 0.407. The molecule has 1 aliphatic heterocycles. The van der Waals surface area contributed by atoms with E-state index in [2.05, 4.69) is 38.3 Å². The predicted octanol–water partition coefficient (Wildman–Crippen LogP) is 2.67. The molecule has 1 unspecified atom stereocenters. The first-order valence-corrected chi connectivity index (χ1v) is 6.00. The molecule has 0 aliphatic carbocycles. The van der Waals surface area contributed by atoms with Crippen molar-refractivity contribution in [3.8, 4) is 0 Å². The molecule has 0 spiro atoms. The molecule has 0 amide bonds. The lowest BCUT2D eigenvalue weighted by molar-refractivity contribution is 0.187. The molecule has 78 valence electrons. The Morgan fingerprint density at radius 2 is 1.77 bits per heavy atom. The van der Waals surface area contributed by atoms with Crippen LogP contribution in [-0.4, -0.2) is 30.3 Å². The van der Waals surface area contributed by atoms with Crippen LogP contribution >= 0.6 is 12.6 Å². The molecule has 0 N–H and O–H groups in total. The highest BCUT2D eigenvalue weighted by Gasteiger charge is 2.26. The van der Waals surface area contributed by atoms with Crippen molar-refractivity contribution in [2.24, 2.45) is 11.3 Å². The summed E-state index contributed by atoms with van der Waals surface area (Å²) >= 11 is 4.46. The third-order valence-corrected chi connectivity index (χ3v) is 3.56. The number of thiol groups is 1. The summed E-state index contributed by atoms with van der Waals surface area (Å²) in [4.78, 5) is 2.59. The van der Waals surface area contributed by atoms with Crippen LogP contribution in [0.3, 0.4) is 0 Å². The zero-order valence-electron chi connectivity index (χ0n) is 9.21. The van der Waals surface area contributed by atoms with E-state index in [0.29, 0.717) is 5.41 Å². The largest absolute Gasteiger partial charge is 0.303 e. The summed E-state index contributed by atoms with van der Waals surface area (Å²) in [5, 5.41) is 0. The Morgan fingerprint density at radius 3 is 2.15 bits per heavy atom. The first-order chi connectivity index (χ1) is 6.04. The molecule has 1 fully saturated rings. The predicted molar refractivity (Wildman–Crippen MR) is 62.5 cm³/mol. The van der Waals surface area contributed by atoms with Crippen LogP contribution in [0.15, 0.2) is 0 Å². The van der Waals surface area contributed by atoms with Gasteiger partial charge in [-0.3, -0.25) is 0 Å². The van der Waals surface area contributed by atoms with Gasteiger partial charge in [0.2, 0.25) is 0 Å². The fraction of sp³-hybridized carbons (Fsp3) is 1.00. The monoisotopic (exact) mass is 201 g/mol. The molecule has 0 aromatic heterocycles. The fourth-order valence-corrected chi connectivity index (χ4v) is 2.55. The van der Waals surface area contributed by atoms with Crippen LogP contribution in [0.2, 0.25) is 0 Å². The Balaban J connectivity index is 2.39. The van der Waals surface area contributed by atoms with E-state index in [4.69, 9.17) is 0 Å². The summed E-state index contributed by atoms with van der Waals surface area (Å²) in [7, 11) is 0. The van der Waals surface area contributed by atoms with Crippen LogP contribution in [0, 0.1) is 11.3 Å². The molecule has 1 nitrogen and oxygen atoms in total. The summed E-state index contributed by atoms with van der Waals surface area (Å²) in [5.41, 5.74) is 0.407. The van der Waals surface area contributed by atoms with Gasteiger partial charge in [-0.05, 0) is 43.0 Å². The van der Waals surface area contributed by atoms with Crippen LogP contribution in [0.5, 0.6) is 0 Å². The van der Waals surface area contributed by atoms with Gasteiger partial charge >= 0.3 is 0 Å². The average molecular weight is 201 g/mol. The minimum Gasteiger partial charge on any atom is -0.303 e. The maximum atomic E-state index is 4.46. The Morgan fingerprint density at radius 1 is 1.23 bits per heavy atom. The lowest BCUT2D eigenvalue weighted by atomic mass is 9.81. The van der Waals surface area contributed by atoms with Gasteiger partial charge in [0, 0.05) is 6.54 Å². The summed E-state index contributed by atoms with van der Waals surface area (Å²) in [6.45, 7) is 10.8. The first-order valence-electron chi connectivity index (χ1n) is 5.37. The van der Waals surface area contributed by atoms with E-state index >= 15 is 0 Å². The van der Waals surface area contributed by atoms with Gasteiger partial charge in [0.1, 0.15) is 0 Å². The third-order valence-electron chi connectivity index (χ3n) is 3.12. The van der Waals surface area contributed by atoms with Crippen molar-refractivity contribution in [2.45, 2.75) is 33.6 Å². The molecule has 1 saturated heterocycles. The van der Waals surface area contributed by atoms with Crippen molar-refractivity contribution < 1.29 is 0 Å². The summed E-state index contributed by atoms with van der Waals surface area (Å²) in [5.74, 6) is 1.74. The van der Waals surface area contributed by atoms with Crippen LogP contribution < -0.4 is 0 Å². The summed E-state index contributed by atoms with van der Waals surface area (Å²) < 4.78 is 0. The Labute approximate surface area is 88.3 Å². The van der Waals surface area contributed by atoms with E-state index in [1.165, 1.54) is 32.5 Å². The Bertz CT molecular complexity index is 145. The van der Waals surface area contributed by atoms with E-state index in [-0.39, 0.29) is 0 Å². The highest BCUT2D eigenvalue weighted by Crippen LogP contribution is 2.28. The zero-order valence-corrected chi connectivity index (χ0v) is 10.1. The molecule has 0 bridgehead atoms. The second-order valence-corrected chi connectivity index (χ2v) is 5.62. The second kappa shape index (κ2) is 4.70. The molecule has 1 atom stereocenters. The van der Waals surface area contributed by atoms with E-state index < -0.39 is 0 Å². The van der Waals surface area contributed by atoms with Crippen molar-refractivity contribution in [1.82, 2.24) is 4.90 Å². The van der Waals surface area contributed by atoms with Crippen molar-refractivity contribution in [2.75, 3.05) is 25.4 Å². The smallest absolute Gasteiger partial charge is 0.00225 e.